The molecule has 0 radical (unpaired) electrons. The van der Waals surface area contributed by atoms with Crippen LogP contribution in [0.3, 0.4) is 0 Å². The molecule has 4 nitrogen and oxygen atoms in total. The molecular formula is C12H15Cl2N3O. The minimum absolute atomic E-state index is 0.0695. The second-order valence-electron chi connectivity index (χ2n) is 4.21. The van der Waals surface area contributed by atoms with Crippen LogP contribution in [-0.4, -0.2) is 53.4 Å². The van der Waals surface area contributed by atoms with E-state index in [4.69, 9.17) is 23.2 Å². The van der Waals surface area contributed by atoms with Gasteiger partial charge in [0.1, 0.15) is 5.15 Å². The van der Waals surface area contributed by atoms with Crippen molar-refractivity contribution in [1.29, 1.82) is 0 Å². The molecule has 1 aromatic rings. The number of piperazine rings is 1. The third kappa shape index (κ3) is 2.94. The maximum absolute atomic E-state index is 12.3. The fourth-order valence-corrected chi connectivity index (χ4v) is 2.45. The zero-order valence-corrected chi connectivity index (χ0v) is 11.7. The topological polar surface area (TPSA) is 36.4 Å². The van der Waals surface area contributed by atoms with E-state index in [1.165, 1.54) is 12.3 Å². The van der Waals surface area contributed by atoms with Crippen molar-refractivity contribution in [2.75, 3.05) is 32.7 Å². The SMILES string of the molecule is CCN1CCN(C(=O)c2cnc(Cl)cc2Cl)CC1. The van der Waals surface area contributed by atoms with Crippen LogP contribution in [0.5, 0.6) is 0 Å². The molecule has 98 valence electrons. The van der Waals surface area contributed by atoms with Crippen molar-refractivity contribution in [2.24, 2.45) is 0 Å². The second kappa shape index (κ2) is 5.87. The summed E-state index contributed by atoms with van der Waals surface area (Å²) in [5.74, 6) is -0.0695. The van der Waals surface area contributed by atoms with Crippen molar-refractivity contribution in [3.05, 3.63) is 28.0 Å². The molecule has 1 saturated heterocycles. The van der Waals surface area contributed by atoms with Crippen molar-refractivity contribution in [1.82, 2.24) is 14.8 Å². The van der Waals surface area contributed by atoms with Gasteiger partial charge in [-0.15, -0.1) is 0 Å². The van der Waals surface area contributed by atoms with Crippen LogP contribution in [-0.2, 0) is 0 Å². The zero-order valence-electron chi connectivity index (χ0n) is 10.2. The zero-order chi connectivity index (χ0) is 13.1. The average molecular weight is 288 g/mol. The highest BCUT2D eigenvalue weighted by atomic mass is 35.5. The van der Waals surface area contributed by atoms with Crippen LogP contribution in [0.25, 0.3) is 0 Å². The largest absolute Gasteiger partial charge is 0.336 e. The van der Waals surface area contributed by atoms with E-state index in [1.54, 1.807) is 0 Å². The molecule has 1 amide bonds. The summed E-state index contributed by atoms with van der Waals surface area (Å²) >= 11 is 11.7. The van der Waals surface area contributed by atoms with Gasteiger partial charge in [-0.2, -0.15) is 0 Å². The van der Waals surface area contributed by atoms with Crippen LogP contribution in [0, 0.1) is 0 Å². The van der Waals surface area contributed by atoms with Gasteiger partial charge in [-0.25, -0.2) is 4.98 Å². The van der Waals surface area contributed by atoms with Crippen molar-refractivity contribution in [2.45, 2.75) is 6.92 Å². The number of hydrogen-bond acceptors (Lipinski definition) is 3. The molecule has 0 N–H and O–H groups in total. The van der Waals surface area contributed by atoms with E-state index in [0.29, 0.717) is 15.7 Å². The Hall–Kier alpha value is -0.840. The Kier molecular flexibility index (Phi) is 4.43. The quantitative estimate of drug-likeness (QED) is 0.783. The predicted octanol–water partition coefficient (Wildman–Crippen LogP) is 2.17. The maximum Gasteiger partial charge on any atom is 0.257 e. The lowest BCUT2D eigenvalue weighted by atomic mass is 10.2. The normalized spacial score (nSPS) is 16.9. The minimum Gasteiger partial charge on any atom is -0.336 e. The highest BCUT2D eigenvalue weighted by molar-refractivity contribution is 6.36. The van der Waals surface area contributed by atoms with Crippen LogP contribution in [0.15, 0.2) is 12.3 Å². The standard InChI is InChI=1S/C12H15Cl2N3O/c1-2-16-3-5-17(6-4-16)12(18)9-8-15-11(14)7-10(9)13/h7-8H,2-6H2,1H3. The Morgan fingerprint density at radius 3 is 2.56 bits per heavy atom. The monoisotopic (exact) mass is 287 g/mol. The molecule has 18 heavy (non-hydrogen) atoms. The smallest absolute Gasteiger partial charge is 0.257 e. The van der Waals surface area contributed by atoms with Gasteiger partial charge in [-0.05, 0) is 12.6 Å². The van der Waals surface area contributed by atoms with Crippen molar-refractivity contribution >= 4 is 29.1 Å². The fourth-order valence-electron chi connectivity index (χ4n) is 2.00. The number of aromatic nitrogens is 1. The molecule has 0 unspecified atom stereocenters. The molecule has 1 fully saturated rings. The number of rotatable bonds is 2. The summed E-state index contributed by atoms with van der Waals surface area (Å²) < 4.78 is 0. The van der Waals surface area contributed by atoms with Gasteiger partial charge in [-0.3, -0.25) is 4.79 Å². The summed E-state index contributed by atoms with van der Waals surface area (Å²) in [5, 5.41) is 0.658. The lowest BCUT2D eigenvalue weighted by molar-refractivity contribution is 0.0643. The van der Waals surface area contributed by atoms with E-state index in [1.807, 2.05) is 4.90 Å². The lowest BCUT2D eigenvalue weighted by Crippen LogP contribution is -2.48. The number of halogens is 2. The number of pyridine rings is 1. The molecule has 6 heteroatoms. The molecule has 0 aromatic carbocycles. The van der Waals surface area contributed by atoms with E-state index in [9.17, 15) is 4.79 Å². The second-order valence-corrected chi connectivity index (χ2v) is 5.01. The summed E-state index contributed by atoms with van der Waals surface area (Å²) in [5.41, 5.74) is 0.422. The first-order valence-corrected chi connectivity index (χ1v) is 6.70. The number of carbonyl (C=O) groups is 1. The number of likely N-dealkylation sites (N-methyl/N-ethyl adjacent to an activating group) is 1. The van der Waals surface area contributed by atoms with Gasteiger partial charge in [0, 0.05) is 32.4 Å². The van der Waals surface area contributed by atoms with E-state index < -0.39 is 0 Å². The molecule has 0 saturated carbocycles. The van der Waals surface area contributed by atoms with Gasteiger partial charge < -0.3 is 9.80 Å². The molecule has 1 aliphatic heterocycles. The Morgan fingerprint density at radius 1 is 1.33 bits per heavy atom. The molecule has 1 aliphatic rings. The Morgan fingerprint density at radius 2 is 2.00 bits per heavy atom. The first-order valence-electron chi connectivity index (χ1n) is 5.94. The van der Waals surface area contributed by atoms with E-state index in [2.05, 4.69) is 16.8 Å². The van der Waals surface area contributed by atoms with Crippen LogP contribution in [0.4, 0.5) is 0 Å². The Balaban J connectivity index is 2.08. The maximum atomic E-state index is 12.3. The van der Waals surface area contributed by atoms with Crippen LogP contribution in [0.1, 0.15) is 17.3 Å². The van der Waals surface area contributed by atoms with Crippen LogP contribution < -0.4 is 0 Å². The Labute approximate surface area is 116 Å². The van der Waals surface area contributed by atoms with E-state index in [-0.39, 0.29) is 5.91 Å². The molecule has 0 bridgehead atoms. The highest BCUT2D eigenvalue weighted by Crippen LogP contribution is 2.20. The molecule has 2 rings (SSSR count). The summed E-state index contributed by atoms with van der Waals surface area (Å²) in [7, 11) is 0. The van der Waals surface area contributed by atoms with Gasteiger partial charge in [-0.1, -0.05) is 30.1 Å². The predicted molar refractivity (Wildman–Crippen MR) is 72.3 cm³/mol. The van der Waals surface area contributed by atoms with Gasteiger partial charge in [0.05, 0.1) is 10.6 Å². The molecule has 0 atom stereocenters. The molecule has 1 aromatic heterocycles. The first-order chi connectivity index (χ1) is 8.61. The fraction of sp³-hybridized carbons (Fsp3) is 0.500. The Bertz CT molecular complexity index is 445. The van der Waals surface area contributed by atoms with Gasteiger partial charge in [0.25, 0.3) is 5.91 Å². The van der Waals surface area contributed by atoms with Crippen LogP contribution >= 0.6 is 23.2 Å². The third-order valence-corrected chi connectivity index (χ3v) is 3.68. The number of carbonyl (C=O) groups excluding carboxylic acids is 1. The van der Waals surface area contributed by atoms with Gasteiger partial charge in [0.2, 0.25) is 0 Å². The molecule has 2 heterocycles. The van der Waals surface area contributed by atoms with E-state index >= 15 is 0 Å². The minimum atomic E-state index is -0.0695. The van der Waals surface area contributed by atoms with E-state index in [0.717, 1.165) is 32.7 Å². The van der Waals surface area contributed by atoms with Crippen LogP contribution in [0.2, 0.25) is 10.2 Å². The van der Waals surface area contributed by atoms with Gasteiger partial charge in [0.15, 0.2) is 0 Å². The van der Waals surface area contributed by atoms with Crippen molar-refractivity contribution in [3.63, 3.8) is 0 Å². The summed E-state index contributed by atoms with van der Waals surface area (Å²) in [4.78, 5) is 20.3. The molecular weight excluding hydrogens is 273 g/mol. The van der Waals surface area contributed by atoms with Crippen molar-refractivity contribution < 1.29 is 4.79 Å². The first kappa shape index (κ1) is 13.6. The summed E-state index contributed by atoms with van der Waals surface area (Å²) in [6, 6.07) is 1.50. The summed E-state index contributed by atoms with van der Waals surface area (Å²) in [6.45, 7) is 6.40. The summed E-state index contributed by atoms with van der Waals surface area (Å²) in [6.07, 6.45) is 1.44. The molecule has 0 aliphatic carbocycles. The molecule has 0 spiro atoms. The number of nitrogens with zero attached hydrogens (tertiary/aromatic N) is 3. The third-order valence-electron chi connectivity index (χ3n) is 3.16. The van der Waals surface area contributed by atoms with Gasteiger partial charge >= 0.3 is 0 Å². The number of hydrogen-bond donors (Lipinski definition) is 0. The highest BCUT2D eigenvalue weighted by Gasteiger charge is 2.23. The van der Waals surface area contributed by atoms with Crippen molar-refractivity contribution in [3.8, 4) is 0 Å². The number of amides is 1. The average Bonchev–Trinajstić information content (AvgIpc) is 2.38. The lowest BCUT2D eigenvalue weighted by Gasteiger charge is -2.34.